The molecule has 0 bridgehead atoms. The normalized spacial score (nSPS) is 27.9. The maximum atomic E-state index is 6.14. The number of hydrogen-bond acceptors (Lipinski definition) is 4. The number of nitrogens with two attached hydrogens (primary N) is 1. The summed E-state index contributed by atoms with van der Waals surface area (Å²) >= 11 is 0. The van der Waals surface area contributed by atoms with Crippen molar-refractivity contribution >= 4 is 0 Å². The highest BCUT2D eigenvalue weighted by atomic mass is 16.5. The van der Waals surface area contributed by atoms with Gasteiger partial charge in [-0.15, -0.1) is 0 Å². The Kier molecular flexibility index (Phi) is 5.23. The molecule has 1 saturated carbocycles. The zero-order valence-corrected chi connectivity index (χ0v) is 12.9. The molecule has 0 aromatic heterocycles. The third-order valence-corrected chi connectivity index (χ3v) is 5.24. The summed E-state index contributed by atoms with van der Waals surface area (Å²) in [5, 5.41) is 0. The van der Waals surface area contributed by atoms with E-state index in [9.17, 15) is 0 Å². The second-order valence-corrected chi connectivity index (χ2v) is 6.32. The smallest absolute Gasteiger partial charge is 0.0661 e. The zero-order valence-electron chi connectivity index (χ0n) is 12.9. The van der Waals surface area contributed by atoms with Gasteiger partial charge in [0, 0.05) is 26.2 Å². The van der Waals surface area contributed by atoms with Gasteiger partial charge in [-0.25, -0.2) is 0 Å². The molecule has 0 radical (unpaired) electrons. The summed E-state index contributed by atoms with van der Waals surface area (Å²) in [5.41, 5.74) is 6.21. The van der Waals surface area contributed by atoms with Gasteiger partial charge < -0.3 is 10.5 Å². The van der Waals surface area contributed by atoms with Crippen LogP contribution in [0.15, 0.2) is 0 Å². The SMILES string of the molecule is CCN1CCCC1CN(C)C(CN)(COC)C1CC1. The highest BCUT2D eigenvalue weighted by molar-refractivity contribution is 5.03. The lowest BCUT2D eigenvalue weighted by Gasteiger charge is -2.43. The van der Waals surface area contributed by atoms with Crippen LogP contribution >= 0.6 is 0 Å². The number of methoxy groups -OCH3 is 1. The highest BCUT2D eigenvalue weighted by Gasteiger charge is 2.47. The van der Waals surface area contributed by atoms with E-state index < -0.39 is 0 Å². The van der Waals surface area contributed by atoms with Crippen LogP contribution in [0, 0.1) is 5.92 Å². The molecule has 1 aliphatic heterocycles. The molecule has 1 heterocycles. The van der Waals surface area contributed by atoms with Gasteiger partial charge in [-0.05, 0) is 51.7 Å². The maximum absolute atomic E-state index is 6.14. The fourth-order valence-electron chi connectivity index (χ4n) is 3.81. The molecule has 0 amide bonds. The van der Waals surface area contributed by atoms with Crippen molar-refractivity contribution in [2.24, 2.45) is 11.7 Å². The Morgan fingerprint density at radius 2 is 2.11 bits per heavy atom. The molecule has 1 aliphatic carbocycles. The Bertz CT molecular complexity index is 283. The Labute approximate surface area is 118 Å². The molecule has 2 aliphatic rings. The van der Waals surface area contributed by atoms with Crippen molar-refractivity contribution in [3.63, 3.8) is 0 Å². The van der Waals surface area contributed by atoms with Crippen molar-refractivity contribution in [3.8, 4) is 0 Å². The van der Waals surface area contributed by atoms with Crippen LogP contribution in [0.2, 0.25) is 0 Å². The van der Waals surface area contributed by atoms with E-state index >= 15 is 0 Å². The third kappa shape index (κ3) is 3.13. The van der Waals surface area contributed by atoms with Crippen molar-refractivity contribution in [1.82, 2.24) is 9.80 Å². The van der Waals surface area contributed by atoms with E-state index in [1.54, 1.807) is 7.11 Å². The monoisotopic (exact) mass is 269 g/mol. The second-order valence-electron chi connectivity index (χ2n) is 6.32. The van der Waals surface area contributed by atoms with Gasteiger partial charge in [-0.2, -0.15) is 0 Å². The van der Waals surface area contributed by atoms with Crippen LogP contribution < -0.4 is 5.73 Å². The minimum atomic E-state index is 0.0662. The van der Waals surface area contributed by atoms with Crippen LogP contribution in [0.5, 0.6) is 0 Å². The molecule has 2 rings (SSSR count). The molecule has 4 nitrogen and oxygen atoms in total. The van der Waals surface area contributed by atoms with Crippen molar-refractivity contribution < 1.29 is 4.74 Å². The van der Waals surface area contributed by atoms with Gasteiger partial charge in [-0.3, -0.25) is 9.80 Å². The molecule has 4 heteroatoms. The fourth-order valence-corrected chi connectivity index (χ4v) is 3.81. The summed E-state index contributed by atoms with van der Waals surface area (Å²) in [6, 6.07) is 0.705. The lowest BCUT2D eigenvalue weighted by atomic mass is 9.91. The van der Waals surface area contributed by atoms with Crippen LogP contribution in [0.1, 0.15) is 32.6 Å². The predicted octanol–water partition coefficient (Wildman–Crippen LogP) is 1.16. The van der Waals surface area contributed by atoms with E-state index in [-0.39, 0.29) is 5.54 Å². The predicted molar refractivity (Wildman–Crippen MR) is 79.3 cm³/mol. The molecule has 0 spiro atoms. The summed E-state index contributed by atoms with van der Waals surface area (Å²) in [7, 11) is 4.05. The van der Waals surface area contributed by atoms with Crippen LogP contribution in [0.4, 0.5) is 0 Å². The molecule has 2 unspecified atom stereocenters. The molecule has 0 aromatic rings. The van der Waals surface area contributed by atoms with Gasteiger partial charge in [-0.1, -0.05) is 6.92 Å². The molecular formula is C15H31N3O. The largest absolute Gasteiger partial charge is 0.383 e. The van der Waals surface area contributed by atoms with E-state index in [2.05, 4.69) is 23.8 Å². The van der Waals surface area contributed by atoms with Crippen LogP contribution in [0.25, 0.3) is 0 Å². The van der Waals surface area contributed by atoms with E-state index in [1.807, 2.05) is 0 Å². The molecule has 2 atom stereocenters. The zero-order chi connectivity index (χ0) is 13.9. The van der Waals surface area contributed by atoms with Crippen molar-refractivity contribution in [2.75, 3.05) is 46.9 Å². The van der Waals surface area contributed by atoms with Gasteiger partial charge in [0.2, 0.25) is 0 Å². The molecule has 112 valence electrons. The summed E-state index contributed by atoms with van der Waals surface area (Å²) in [5.74, 6) is 0.735. The van der Waals surface area contributed by atoms with Gasteiger partial charge >= 0.3 is 0 Å². The Balaban J connectivity index is 2.00. The van der Waals surface area contributed by atoms with Gasteiger partial charge in [0.25, 0.3) is 0 Å². The number of ether oxygens (including phenoxy) is 1. The van der Waals surface area contributed by atoms with Gasteiger partial charge in [0.15, 0.2) is 0 Å². The first kappa shape index (κ1) is 15.2. The molecule has 1 saturated heterocycles. The number of likely N-dealkylation sites (tertiary alicyclic amines) is 1. The quantitative estimate of drug-likeness (QED) is 0.718. The maximum Gasteiger partial charge on any atom is 0.0661 e. The molecule has 2 fully saturated rings. The molecule has 0 aromatic carbocycles. The molecular weight excluding hydrogens is 238 g/mol. The summed E-state index contributed by atoms with van der Waals surface area (Å²) in [4.78, 5) is 5.12. The van der Waals surface area contributed by atoms with E-state index in [1.165, 1.54) is 38.8 Å². The van der Waals surface area contributed by atoms with Crippen LogP contribution in [-0.4, -0.2) is 68.3 Å². The number of nitrogens with zero attached hydrogens (tertiary/aromatic N) is 2. The first-order valence-electron chi connectivity index (χ1n) is 7.82. The minimum Gasteiger partial charge on any atom is -0.383 e. The number of hydrogen-bond donors (Lipinski definition) is 1. The third-order valence-electron chi connectivity index (χ3n) is 5.24. The van der Waals surface area contributed by atoms with Crippen molar-refractivity contribution in [3.05, 3.63) is 0 Å². The fraction of sp³-hybridized carbons (Fsp3) is 1.00. The number of likely N-dealkylation sites (N-methyl/N-ethyl adjacent to an activating group) is 2. The summed E-state index contributed by atoms with van der Waals surface area (Å²) in [6.45, 7) is 7.31. The van der Waals surface area contributed by atoms with E-state index in [0.29, 0.717) is 12.6 Å². The lowest BCUT2D eigenvalue weighted by Crippen LogP contribution is -2.59. The Morgan fingerprint density at radius 3 is 2.63 bits per heavy atom. The Hall–Kier alpha value is -0.160. The van der Waals surface area contributed by atoms with Crippen molar-refractivity contribution in [2.45, 2.75) is 44.2 Å². The van der Waals surface area contributed by atoms with E-state index in [0.717, 1.165) is 19.1 Å². The second kappa shape index (κ2) is 6.53. The van der Waals surface area contributed by atoms with Gasteiger partial charge in [0.05, 0.1) is 12.1 Å². The van der Waals surface area contributed by atoms with Gasteiger partial charge in [0.1, 0.15) is 0 Å². The number of rotatable bonds is 8. The Morgan fingerprint density at radius 1 is 1.37 bits per heavy atom. The summed E-state index contributed by atoms with van der Waals surface area (Å²) in [6.07, 6.45) is 5.30. The first-order chi connectivity index (χ1) is 9.17. The first-order valence-corrected chi connectivity index (χ1v) is 7.82. The summed E-state index contributed by atoms with van der Waals surface area (Å²) < 4.78 is 5.50. The average Bonchev–Trinajstić information content (AvgIpc) is 3.17. The highest BCUT2D eigenvalue weighted by Crippen LogP contribution is 2.42. The molecule has 2 N–H and O–H groups in total. The minimum absolute atomic E-state index is 0.0662. The lowest BCUT2D eigenvalue weighted by molar-refractivity contribution is 0.00359. The van der Waals surface area contributed by atoms with E-state index in [4.69, 9.17) is 10.5 Å². The topological polar surface area (TPSA) is 41.7 Å². The molecule has 19 heavy (non-hydrogen) atoms. The average molecular weight is 269 g/mol. The van der Waals surface area contributed by atoms with Crippen LogP contribution in [0.3, 0.4) is 0 Å². The van der Waals surface area contributed by atoms with Crippen molar-refractivity contribution in [1.29, 1.82) is 0 Å². The standard InChI is InChI=1S/C15H31N3O/c1-4-18-9-5-6-14(18)10-17(2)15(11-16,12-19-3)13-7-8-13/h13-14H,4-12,16H2,1-3H3. The van der Waals surface area contributed by atoms with Crippen LogP contribution in [-0.2, 0) is 4.74 Å².